The maximum Gasteiger partial charge on any atom is 0.309 e. The molecule has 0 aliphatic rings. The van der Waals surface area contributed by atoms with E-state index in [-0.39, 0.29) is 11.9 Å². The lowest BCUT2D eigenvalue weighted by molar-refractivity contribution is -0.150. The highest BCUT2D eigenvalue weighted by molar-refractivity contribution is 7.72. The molecule has 1 aromatic rings. The van der Waals surface area contributed by atoms with Gasteiger partial charge in [0.05, 0.1) is 12.5 Å². The molecule has 1 unspecified atom stereocenters. The number of H-pyrrole nitrogens is 1. The van der Waals surface area contributed by atoms with Crippen molar-refractivity contribution in [3.05, 3.63) is 21.2 Å². The summed E-state index contributed by atoms with van der Waals surface area (Å²) in [6, 6.07) is 0. The highest BCUT2D eigenvalue weighted by Gasteiger charge is 2.22. The van der Waals surface area contributed by atoms with Gasteiger partial charge < -0.3 is 14.3 Å². The highest BCUT2D eigenvalue weighted by atomic mass is 32.1. The molecule has 0 spiro atoms. The van der Waals surface area contributed by atoms with Crippen molar-refractivity contribution in [2.75, 3.05) is 6.61 Å². The van der Waals surface area contributed by atoms with Crippen LogP contribution in [-0.2, 0) is 16.1 Å². The van der Waals surface area contributed by atoms with Crippen molar-refractivity contribution in [1.82, 2.24) is 9.55 Å². The normalized spacial score (nSPS) is 12.4. The zero-order chi connectivity index (χ0) is 18.8. The van der Waals surface area contributed by atoms with Gasteiger partial charge in [0.15, 0.2) is 4.77 Å². The number of aromatic amines is 1. The SMILES string of the molecule is CCCC(C(=O)OCCCCCCn1cc(C)c(=S)[nH]c1=S)C(C)C. The Labute approximate surface area is 162 Å². The van der Waals surface area contributed by atoms with Crippen LogP contribution in [0.3, 0.4) is 0 Å². The first kappa shape index (κ1) is 22.0. The van der Waals surface area contributed by atoms with E-state index in [1.807, 2.05) is 17.7 Å². The average Bonchev–Trinajstić information content (AvgIpc) is 2.55. The smallest absolute Gasteiger partial charge is 0.309 e. The Morgan fingerprint density at radius 2 is 1.92 bits per heavy atom. The molecule has 0 aliphatic heterocycles. The Balaban J connectivity index is 2.22. The summed E-state index contributed by atoms with van der Waals surface area (Å²) in [6.07, 6.45) is 8.07. The molecule has 6 heteroatoms. The zero-order valence-corrected chi connectivity index (χ0v) is 17.6. The third kappa shape index (κ3) is 7.82. The van der Waals surface area contributed by atoms with E-state index in [0.29, 0.717) is 21.9 Å². The summed E-state index contributed by atoms with van der Waals surface area (Å²) in [7, 11) is 0. The number of nitrogens with zero attached hydrogens (tertiary/aromatic N) is 1. The van der Waals surface area contributed by atoms with Gasteiger partial charge in [-0.1, -0.05) is 45.8 Å². The monoisotopic (exact) mass is 384 g/mol. The van der Waals surface area contributed by atoms with E-state index in [2.05, 4.69) is 25.8 Å². The van der Waals surface area contributed by atoms with Crippen molar-refractivity contribution in [2.45, 2.75) is 72.8 Å². The van der Waals surface area contributed by atoms with Crippen molar-refractivity contribution in [3.63, 3.8) is 0 Å². The molecular formula is C19H32N2O2S2. The topological polar surface area (TPSA) is 47.0 Å². The zero-order valence-electron chi connectivity index (χ0n) is 16.0. The summed E-state index contributed by atoms with van der Waals surface area (Å²) >= 11 is 10.5. The van der Waals surface area contributed by atoms with Crippen LogP contribution in [0.2, 0.25) is 0 Å². The van der Waals surface area contributed by atoms with Gasteiger partial charge in [0.2, 0.25) is 0 Å². The van der Waals surface area contributed by atoms with Gasteiger partial charge in [-0.05, 0) is 50.7 Å². The number of hydrogen-bond donors (Lipinski definition) is 1. The first-order valence-corrected chi connectivity index (χ1v) is 10.2. The minimum Gasteiger partial charge on any atom is -0.465 e. The molecule has 0 fully saturated rings. The van der Waals surface area contributed by atoms with Gasteiger partial charge in [-0.2, -0.15) is 0 Å². The summed E-state index contributed by atoms with van der Waals surface area (Å²) in [6.45, 7) is 9.69. The van der Waals surface area contributed by atoms with Gasteiger partial charge in [0.25, 0.3) is 0 Å². The van der Waals surface area contributed by atoms with Crippen LogP contribution < -0.4 is 0 Å². The molecule has 0 aromatic carbocycles. The molecule has 25 heavy (non-hydrogen) atoms. The molecule has 1 rings (SSSR count). The maximum atomic E-state index is 12.1. The standard InChI is InChI=1S/C19H32N2O2S2/c1-5-10-16(14(2)3)18(22)23-12-9-7-6-8-11-21-13-15(4)17(24)20-19(21)25/h13-14,16H,5-12H2,1-4H3,(H,20,24,25). The number of nitrogens with one attached hydrogen (secondary N) is 1. The fourth-order valence-corrected chi connectivity index (χ4v) is 3.30. The van der Waals surface area contributed by atoms with E-state index >= 15 is 0 Å². The number of aromatic nitrogens is 2. The summed E-state index contributed by atoms with van der Waals surface area (Å²) in [5.41, 5.74) is 1.04. The van der Waals surface area contributed by atoms with Gasteiger partial charge in [0, 0.05) is 18.3 Å². The van der Waals surface area contributed by atoms with Crippen molar-refractivity contribution in [1.29, 1.82) is 0 Å². The van der Waals surface area contributed by atoms with E-state index in [9.17, 15) is 4.79 Å². The quantitative estimate of drug-likeness (QED) is 0.299. The maximum absolute atomic E-state index is 12.1. The number of esters is 1. The fraction of sp³-hybridized carbons (Fsp3) is 0.737. The molecule has 142 valence electrons. The Morgan fingerprint density at radius 1 is 1.24 bits per heavy atom. The van der Waals surface area contributed by atoms with E-state index < -0.39 is 0 Å². The number of rotatable bonds is 11. The van der Waals surface area contributed by atoms with Gasteiger partial charge >= 0.3 is 5.97 Å². The van der Waals surface area contributed by atoms with Crippen LogP contribution in [0.5, 0.6) is 0 Å². The Bertz CT molecular complexity index is 650. The Kier molecular flexibility index (Phi) is 10.2. The van der Waals surface area contributed by atoms with E-state index in [1.165, 1.54) is 0 Å². The summed E-state index contributed by atoms with van der Waals surface area (Å²) in [4.78, 5) is 15.1. The predicted molar refractivity (Wildman–Crippen MR) is 108 cm³/mol. The molecule has 0 saturated heterocycles. The second kappa shape index (κ2) is 11.6. The van der Waals surface area contributed by atoms with Crippen LogP contribution >= 0.6 is 24.4 Å². The van der Waals surface area contributed by atoms with E-state index in [4.69, 9.17) is 29.2 Å². The van der Waals surface area contributed by atoms with E-state index in [0.717, 1.165) is 50.6 Å². The first-order chi connectivity index (χ1) is 11.9. The fourth-order valence-electron chi connectivity index (χ4n) is 2.84. The Hall–Kier alpha value is -1.01. The molecule has 0 radical (unpaired) electrons. The average molecular weight is 385 g/mol. The molecule has 1 aromatic heterocycles. The number of hydrogen-bond acceptors (Lipinski definition) is 4. The van der Waals surface area contributed by atoms with Gasteiger partial charge in [-0.15, -0.1) is 0 Å². The lowest BCUT2D eigenvalue weighted by Crippen LogP contribution is -2.23. The summed E-state index contributed by atoms with van der Waals surface area (Å²) in [5.74, 6) is 0.357. The molecular weight excluding hydrogens is 352 g/mol. The molecule has 0 bridgehead atoms. The van der Waals surface area contributed by atoms with Crippen molar-refractivity contribution < 1.29 is 9.53 Å². The number of unbranched alkanes of at least 4 members (excludes halogenated alkanes) is 3. The molecule has 1 heterocycles. The highest BCUT2D eigenvalue weighted by Crippen LogP contribution is 2.19. The van der Waals surface area contributed by atoms with Crippen LogP contribution in [0.4, 0.5) is 0 Å². The van der Waals surface area contributed by atoms with Crippen LogP contribution in [0.25, 0.3) is 0 Å². The van der Waals surface area contributed by atoms with Crippen LogP contribution in [0.1, 0.15) is 64.9 Å². The minimum absolute atomic E-state index is 0.0295. The minimum atomic E-state index is -0.0295. The molecule has 0 aliphatic carbocycles. The third-order valence-electron chi connectivity index (χ3n) is 4.43. The number of aryl methyl sites for hydroxylation is 2. The lowest BCUT2D eigenvalue weighted by atomic mass is 9.91. The molecule has 0 saturated carbocycles. The largest absolute Gasteiger partial charge is 0.465 e. The number of ether oxygens (including phenoxy) is 1. The first-order valence-electron chi connectivity index (χ1n) is 9.33. The molecule has 4 nitrogen and oxygen atoms in total. The lowest BCUT2D eigenvalue weighted by Gasteiger charge is -2.18. The van der Waals surface area contributed by atoms with Crippen LogP contribution in [0.15, 0.2) is 6.20 Å². The van der Waals surface area contributed by atoms with Crippen LogP contribution in [-0.4, -0.2) is 22.1 Å². The van der Waals surface area contributed by atoms with Gasteiger partial charge in [-0.25, -0.2) is 0 Å². The summed E-state index contributed by atoms with van der Waals surface area (Å²) < 4.78 is 8.89. The van der Waals surface area contributed by atoms with Gasteiger partial charge in [-0.3, -0.25) is 4.79 Å². The predicted octanol–water partition coefficient (Wildman–Crippen LogP) is 5.76. The second-order valence-corrected chi connectivity index (χ2v) is 7.78. The third-order valence-corrected chi connectivity index (χ3v) is 5.19. The van der Waals surface area contributed by atoms with Crippen molar-refractivity contribution >= 4 is 30.4 Å². The Morgan fingerprint density at radius 3 is 2.56 bits per heavy atom. The number of carbonyl (C=O) groups excluding carboxylic acids is 1. The van der Waals surface area contributed by atoms with Crippen LogP contribution in [0, 0.1) is 28.2 Å². The molecule has 1 atom stereocenters. The number of carbonyl (C=O) groups is 1. The van der Waals surface area contributed by atoms with Gasteiger partial charge in [0.1, 0.15) is 4.64 Å². The second-order valence-electron chi connectivity index (χ2n) is 6.99. The van der Waals surface area contributed by atoms with E-state index in [1.54, 1.807) is 0 Å². The van der Waals surface area contributed by atoms with Crippen molar-refractivity contribution in [3.8, 4) is 0 Å². The molecule has 0 amide bonds. The van der Waals surface area contributed by atoms with Crippen molar-refractivity contribution in [2.24, 2.45) is 11.8 Å². The summed E-state index contributed by atoms with van der Waals surface area (Å²) in [5, 5.41) is 0. The molecule has 1 N–H and O–H groups in total.